The van der Waals surface area contributed by atoms with E-state index in [1.165, 1.54) is 18.4 Å². The number of benzene rings is 1. The molecule has 0 aromatic heterocycles. The third-order valence-electron chi connectivity index (χ3n) is 2.56. The zero-order chi connectivity index (χ0) is 9.26. The molecule has 1 saturated carbocycles. The van der Waals surface area contributed by atoms with Gasteiger partial charge in [0.05, 0.1) is 0 Å². The van der Waals surface area contributed by atoms with Crippen molar-refractivity contribution in [2.45, 2.75) is 25.3 Å². The molecule has 1 aromatic carbocycles. The summed E-state index contributed by atoms with van der Waals surface area (Å²) in [6.45, 7) is 0. The van der Waals surface area contributed by atoms with E-state index in [0.717, 1.165) is 17.4 Å². The van der Waals surface area contributed by atoms with E-state index in [0.29, 0.717) is 0 Å². The number of hydrogen-bond acceptors (Lipinski definition) is 1. The summed E-state index contributed by atoms with van der Waals surface area (Å²) in [6.07, 6.45) is 3.82. The summed E-state index contributed by atoms with van der Waals surface area (Å²) in [7, 11) is 0. The topological polar surface area (TPSA) is 26.0 Å². The van der Waals surface area contributed by atoms with E-state index in [9.17, 15) is 0 Å². The van der Waals surface area contributed by atoms with E-state index in [-0.39, 0.29) is 18.4 Å². The van der Waals surface area contributed by atoms with Crippen LogP contribution >= 0.6 is 24.0 Å². The van der Waals surface area contributed by atoms with Crippen LogP contribution in [0.15, 0.2) is 24.3 Å². The first kappa shape index (κ1) is 11.8. The molecular formula is C11H15Cl2N. The second-order valence-corrected chi connectivity index (χ2v) is 4.28. The Bertz CT molecular complexity index is 297. The van der Waals surface area contributed by atoms with Gasteiger partial charge in [-0.15, -0.1) is 12.4 Å². The Balaban J connectivity index is 0.000000980. The van der Waals surface area contributed by atoms with Gasteiger partial charge in [0.2, 0.25) is 0 Å². The number of rotatable bonds is 3. The van der Waals surface area contributed by atoms with E-state index >= 15 is 0 Å². The Hall–Kier alpha value is -0.240. The van der Waals surface area contributed by atoms with Crippen LogP contribution < -0.4 is 5.73 Å². The molecule has 2 N–H and O–H groups in total. The molecule has 1 nitrogen and oxygen atoms in total. The molecule has 14 heavy (non-hydrogen) atoms. The number of halogens is 2. The molecule has 1 aliphatic rings. The van der Waals surface area contributed by atoms with Crippen LogP contribution in [0.4, 0.5) is 0 Å². The van der Waals surface area contributed by atoms with Crippen molar-refractivity contribution in [2.75, 3.05) is 0 Å². The Kier molecular flexibility index (Phi) is 4.24. The smallest absolute Gasteiger partial charge is 0.0409 e. The standard InChI is InChI=1S/C11H14ClN.ClH/c12-10-3-1-2-9(7-10)11(13)6-8-4-5-8;/h1-3,7-8,11H,4-6,13H2;1H/t11-;/m0./s1. The van der Waals surface area contributed by atoms with E-state index < -0.39 is 0 Å². The predicted molar refractivity (Wildman–Crippen MR) is 63.0 cm³/mol. The van der Waals surface area contributed by atoms with Gasteiger partial charge < -0.3 is 5.73 Å². The first-order valence-electron chi connectivity index (χ1n) is 4.77. The molecule has 1 aliphatic carbocycles. The zero-order valence-electron chi connectivity index (χ0n) is 7.95. The lowest BCUT2D eigenvalue weighted by Gasteiger charge is -2.11. The third-order valence-corrected chi connectivity index (χ3v) is 2.80. The van der Waals surface area contributed by atoms with E-state index in [4.69, 9.17) is 17.3 Å². The van der Waals surface area contributed by atoms with Gasteiger partial charge in [-0.25, -0.2) is 0 Å². The fourth-order valence-electron chi connectivity index (χ4n) is 1.59. The molecule has 78 valence electrons. The second-order valence-electron chi connectivity index (χ2n) is 3.84. The lowest BCUT2D eigenvalue weighted by molar-refractivity contribution is 0.597. The molecule has 0 heterocycles. The summed E-state index contributed by atoms with van der Waals surface area (Å²) >= 11 is 5.89. The van der Waals surface area contributed by atoms with Gasteiger partial charge in [-0.1, -0.05) is 36.6 Å². The molecule has 1 fully saturated rings. The highest BCUT2D eigenvalue weighted by Gasteiger charge is 2.24. The monoisotopic (exact) mass is 231 g/mol. The Morgan fingerprint density at radius 1 is 1.43 bits per heavy atom. The van der Waals surface area contributed by atoms with E-state index in [1.54, 1.807) is 0 Å². The lowest BCUT2D eigenvalue weighted by Crippen LogP contribution is -2.10. The second kappa shape index (κ2) is 5.01. The Morgan fingerprint density at radius 2 is 2.14 bits per heavy atom. The Morgan fingerprint density at radius 3 is 2.71 bits per heavy atom. The quantitative estimate of drug-likeness (QED) is 0.847. The highest BCUT2D eigenvalue weighted by atomic mass is 35.5. The minimum atomic E-state index is 0. The Labute approximate surface area is 96.0 Å². The minimum Gasteiger partial charge on any atom is -0.324 e. The van der Waals surface area contributed by atoms with Gasteiger partial charge in [-0.05, 0) is 30.0 Å². The van der Waals surface area contributed by atoms with Crippen LogP contribution in [0, 0.1) is 5.92 Å². The summed E-state index contributed by atoms with van der Waals surface area (Å²) in [5.41, 5.74) is 7.21. The summed E-state index contributed by atoms with van der Waals surface area (Å²) in [5, 5.41) is 0.781. The summed E-state index contributed by atoms with van der Waals surface area (Å²) in [6, 6.07) is 8.04. The molecule has 0 unspecified atom stereocenters. The fraction of sp³-hybridized carbons (Fsp3) is 0.455. The molecule has 2 rings (SSSR count). The minimum absolute atomic E-state index is 0. The molecule has 1 atom stereocenters. The van der Waals surface area contributed by atoms with Crippen molar-refractivity contribution in [1.82, 2.24) is 0 Å². The van der Waals surface area contributed by atoms with Gasteiger partial charge in [-0.3, -0.25) is 0 Å². The maximum atomic E-state index is 6.05. The van der Waals surface area contributed by atoms with Crippen molar-refractivity contribution in [3.8, 4) is 0 Å². The molecule has 1 aromatic rings. The van der Waals surface area contributed by atoms with Gasteiger partial charge in [0.15, 0.2) is 0 Å². The lowest BCUT2D eigenvalue weighted by atomic mass is 10.0. The SMILES string of the molecule is Cl.N[C@@H](CC1CC1)c1cccc(Cl)c1. The van der Waals surface area contributed by atoms with Crippen LogP contribution in [0.25, 0.3) is 0 Å². The third kappa shape index (κ3) is 3.16. The van der Waals surface area contributed by atoms with Crippen LogP contribution in [0.2, 0.25) is 5.02 Å². The van der Waals surface area contributed by atoms with Crippen molar-refractivity contribution >= 4 is 24.0 Å². The average Bonchev–Trinajstić information content (AvgIpc) is 2.88. The molecule has 0 spiro atoms. The first-order valence-corrected chi connectivity index (χ1v) is 5.14. The van der Waals surface area contributed by atoms with E-state index in [2.05, 4.69) is 6.07 Å². The van der Waals surface area contributed by atoms with Crippen LogP contribution in [-0.4, -0.2) is 0 Å². The number of hydrogen-bond donors (Lipinski definition) is 1. The highest BCUT2D eigenvalue weighted by molar-refractivity contribution is 6.30. The van der Waals surface area contributed by atoms with Crippen LogP contribution in [0.1, 0.15) is 30.9 Å². The van der Waals surface area contributed by atoms with E-state index in [1.807, 2.05) is 18.2 Å². The summed E-state index contributed by atoms with van der Waals surface area (Å²) in [5.74, 6) is 0.869. The van der Waals surface area contributed by atoms with Gasteiger partial charge in [0.25, 0.3) is 0 Å². The molecule has 3 heteroatoms. The molecule has 0 radical (unpaired) electrons. The largest absolute Gasteiger partial charge is 0.324 e. The van der Waals surface area contributed by atoms with Gasteiger partial charge in [0.1, 0.15) is 0 Å². The maximum Gasteiger partial charge on any atom is 0.0409 e. The van der Waals surface area contributed by atoms with Crippen molar-refractivity contribution in [2.24, 2.45) is 11.7 Å². The average molecular weight is 232 g/mol. The molecule has 0 aliphatic heterocycles. The predicted octanol–water partition coefficient (Wildman–Crippen LogP) is 3.56. The summed E-state index contributed by atoms with van der Waals surface area (Å²) in [4.78, 5) is 0. The van der Waals surface area contributed by atoms with Crippen LogP contribution in [0.5, 0.6) is 0 Å². The molecule has 0 bridgehead atoms. The van der Waals surface area contributed by atoms with Crippen molar-refractivity contribution in [3.63, 3.8) is 0 Å². The number of nitrogens with two attached hydrogens (primary N) is 1. The summed E-state index contributed by atoms with van der Waals surface area (Å²) < 4.78 is 0. The van der Waals surface area contributed by atoms with Crippen LogP contribution in [0.3, 0.4) is 0 Å². The highest BCUT2D eigenvalue weighted by Crippen LogP contribution is 2.36. The van der Waals surface area contributed by atoms with Crippen molar-refractivity contribution in [1.29, 1.82) is 0 Å². The zero-order valence-corrected chi connectivity index (χ0v) is 9.52. The molecule has 0 amide bonds. The van der Waals surface area contributed by atoms with Crippen LogP contribution in [-0.2, 0) is 0 Å². The van der Waals surface area contributed by atoms with Gasteiger partial charge >= 0.3 is 0 Å². The normalized spacial score (nSPS) is 17.3. The van der Waals surface area contributed by atoms with Crippen molar-refractivity contribution < 1.29 is 0 Å². The molecular weight excluding hydrogens is 217 g/mol. The molecule has 0 saturated heterocycles. The maximum absolute atomic E-state index is 6.05. The van der Waals surface area contributed by atoms with Gasteiger partial charge in [-0.2, -0.15) is 0 Å². The fourth-order valence-corrected chi connectivity index (χ4v) is 1.78. The van der Waals surface area contributed by atoms with Crippen molar-refractivity contribution in [3.05, 3.63) is 34.9 Å². The van der Waals surface area contributed by atoms with Gasteiger partial charge in [0, 0.05) is 11.1 Å². The first-order chi connectivity index (χ1) is 6.25.